The first-order chi connectivity index (χ1) is 9.29. The Kier molecular flexibility index (Phi) is 4.59. The zero-order valence-electron chi connectivity index (χ0n) is 10.8. The summed E-state index contributed by atoms with van der Waals surface area (Å²) in [6.45, 7) is 2.56. The van der Waals surface area contributed by atoms with Gasteiger partial charge >= 0.3 is 0 Å². The van der Waals surface area contributed by atoms with Crippen LogP contribution in [0, 0.1) is 6.92 Å². The van der Waals surface area contributed by atoms with Gasteiger partial charge in [0.1, 0.15) is 12.4 Å². The number of ether oxygens (including phenoxy) is 1. The molecule has 0 radical (unpaired) electrons. The number of benzene rings is 2. The quantitative estimate of drug-likeness (QED) is 0.803. The largest absolute Gasteiger partial charge is 0.489 e. The van der Waals surface area contributed by atoms with E-state index in [1.54, 1.807) is 6.08 Å². The van der Waals surface area contributed by atoms with Gasteiger partial charge in [-0.2, -0.15) is 0 Å². The molecule has 0 spiro atoms. The molecule has 0 unspecified atom stereocenters. The first kappa shape index (κ1) is 13.2. The lowest BCUT2D eigenvalue weighted by atomic mass is 10.1. The Labute approximate surface area is 113 Å². The van der Waals surface area contributed by atoms with E-state index in [0.717, 1.165) is 22.4 Å². The molecule has 3 nitrogen and oxygen atoms in total. The molecule has 2 N–H and O–H groups in total. The number of hydroxylamine groups is 1. The maximum Gasteiger partial charge on any atom is 0.120 e. The summed E-state index contributed by atoms with van der Waals surface area (Å²) in [5.74, 6) is 0.812. The molecule has 0 aliphatic rings. The summed E-state index contributed by atoms with van der Waals surface area (Å²) in [6.07, 6.45) is 3.27. The second kappa shape index (κ2) is 6.61. The number of hydrogen-bond donors (Lipinski definition) is 2. The maximum atomic E-state index is 8.57. The topological polar surface area (TPSA) is 41.5 Å². The van der Waals surface area contributed by atoms with Gasteiger partial charge in [-0.25, -0.2) is 0 Å². The van der Waals surface area contributed by atoms with Crippen molar-refractivity contribution in [3.63, 3.8) is 0 Å². The third-order valence-corrected chi connectivity index (χ3v) is 2.84. The van der Waals surface area contributed by atoms with E-state index in [4.69, 9.17) is 9.94 Å². The molecule has 0 bridgehead atoms. The summed E-state index contributed by atoms with van der Waals surface area (Å²) in [5, 5.41) is 8.57. The summed E-state index contributed by atoms with van der Waals surface area (Å²) in [7, 11) is 0. The fourth-order valence-electron chi connectivity index (χ4n) is 1.76. The third-order valence-electron chi connectivity index (χ3n) is 2.84. The lowest BCUT2D eigenvalue weighted by Gasteiger charge is -2.08. The van der Waals surface area contributed by atoms with E-state index < -0.39 is 0 Å². The van der Waals surface area contributed by atoms with E-state index in [-0.39, 0.29) is 0 Å². The van der Waals surface area contributed by atoms with E-state index in [9.17, 15) is 0 Å². The van der Waals surface area contributed by atoms with Crippen LogP contribution in [0.1, 0.15) is 16.7 Å². The Morgan fingerprint density at radius 1 is 1.16 bits per heavy atom. The minimum Gasteiger partial charge on any atom is -0.489 e. The first-order valence-corrected chi connectivity index (χ1v) is 6.13. The normalized spacial score (nSPS) is 10.6. The zero-order valence-corrected chi connectivity index (χ0v) is 10.8. The molecule has 3 heteroatoms. The molecule has 19 heavy (non-hydrogen) atoms. The molecule has 0 saturated carbocycles. The summed E-state index contributed by atoms with van der Waals surface area (Å²) < 4.78 is 5.75. The molecule has 2 rings (SSSR count). The highest BCUT2D eigenvalue weighted by Gasteiger charge is 1.99. The predicted octanol–water partition coefficient (Wildman–Crippen LogP) is 3.52. The highest BCUT2D eigenvalue weighted by molar-refractivity contribution is 5.55. The van der Waals surface area contributed by atoms with E-state index in [2.05, 4.69) is 0 Å². The molecule has 98 valence electrons. The van der Waals surface area contributed by atoms with Crippen LogP contribution in [0.25, 0.3) is 6.08 Å². The molecule has 0 aliphatic carbocycles. The molecule has 0 aromatic heterocycles. The van der Waals surface area contributed by atoms with E-state index in [1.165, 1.54) is 6.20 Å². The van der Waals surface area contributed by atoms with Gasteiger partial charge in [-0.1, -0.05) is 36.4 Å². The Hall–Kier alpha value is -2.26. The van der Waals surface area contributed by atoms with Gasteiger partial charge < -0.3 is 4.74 Å². The smallest absolute Gasteiger partial charge is 0.120 e. The average molecular weight is 255 g/mol. The number of aryl methyl sites for hydroxylation is 1. The second-order valence-corrected chi connectivity index (χ2v) is 4.26. The standard InChI is InChI=1S/C16H17NO2/c1-13-7-8-16(11-15(13)9-10-17-18)19-12-14-5-3-2-4-6-14/h2-11,17-18H,12H2,1H3/b10-9+. The second-order valence-electron chi connectivity index (χ2n) is 4.26. The molecule has 0 aliphatic heterocycles. The van der Waals surface area contributed by atoms with Gasteiger partial charge in [0, 0.05) is 6.20 Å². The van der Waals surface area contributed by atoms with Crippen LogP contribution < -0.4 is 10.2 Å². The summed E-state index contributed by atoms with van der Waals surface area (Å²) in [5.41, 5.74) is 5.27. The summed E-state index contributed by atoms with van der Waals surface area (Å²) >= 11 is 0. The molecular weight excluding hydrogens is 238 g/mol. The van der Waals surface area contributed by atoms with Crippen LogP contribution in [0.2, 0.25) is 0 Å². The number of nitrogens with one attached hydrogen (secondary N) is 1. The van der Waals surface area contributed by atoms with Crippen LogP contribution in [0.15, 0.2) is 54.7 Å². The van der Waals surface area contributed by atoms with Gasteiger partial charge in [-0.15, -0.1) is 0 Å². The van der Waals surface area contributed by atoms with Crippen molar-refractivity contribution in [3.8, 4) is 5.75 Å². The Morgan fingerprint density at radius 3 is 2.68 bits per heavy atom. The Morgan fingerprint density at radius 2 is 1.95 bits per heavy atom. The van der Waals surface area contributed by atoms with Crippen molar-refractivity contribution < 1.29 is 9.94 Å². The van der Waals surface area contributed by atoms with Crippen molar-refractivity contribution >= 4 is 6.08 Å². The van der Waals surface area contributed by atoms with Crippen LogP contribution in [0.3, 0.4) is 0 Å². The van der Waals surface area contributed by atoms with Crippen molar-refractivity contribution in [1.82, 2.24) is 5.48 Å². The van der Waals surface area contributed by atoms with E-state index >= 15 is 0 Å². The molecule has 0 saturated heterocycles. The molecule has 0 fully saturated rings. The third kappa shape index (κ3) is 3.86. The van der Waals surface area contributed by atoms with E-state index in [1.807, 2.05) is 60.9 Å². The van der Waals surface area contributed by atoms with Gasteiger partial charge in [-0.3, -0.25) is 10.7 Å². The van der Waals surface area contributed by atoms with Crippen LogP contribution in [-0.2, 0) is 6.61 Å². The van der Waals surface area contributed by atoms with Crippen molar-refractivity contribution in [2.45, 2.75) is 13.5 Å². The van der Waals surface area contributed by atoms with Gasteiger partial charge in [0.15, 0.2) is 0 Å². The molecular formula is C16H17NO2. The highest BCUT2D eigenvalue weighted by Crippen LogP contribution is 2.19. The van der Waals surface area contributed by atoms with Gasteiger partial charge in [0.05, 0.1) is 0 Å². The molecule has 2 aromatic rings. The lowest BCUT2D eigenvalue weighted by molar-refractivity contribution is 0.215. The maximum absolute atomic E-state index is 8.57. The lowest BCUT2D eigenvalue weighted by Crippen LogP contribution is -1.96. The SMILES string of the molecule is Cc1ccc(OCc2ccccc2)cc1/C=C/NO. The van der Waals surface area contributed by atoms with Crippen molar-refractivity contribution in [2.75, 3.05) is 0 Å². The summed E-state index contributed by atoms with van der Waals surface area (Å²) in [6, 6.07) is 15.9. The van der Waals surface area contributed by atoms with Crippen LogP contribution in [0.4, 0.5) is 0 Å². The van der Waals surface area contributed by atoms with Gasteiger partial charge in [0.2, 0.25) is 0 Å². The monoisotopic (exact) mass is 255 g/mol. The molecule has 2 aromatic carbocycles. The van der Waals surface area contributed by atoms with E-state index in [0.29, 0.717) is 6.61 Å². The zero-order chi connectivity index (χ0) is 13.5. The summed E-state index contributed by atoms with van der Waals surface area (Å²) in [4.78, 5) is 0. The van der Waals surface area contributed by atoms with Crippen LogP contribution in [0.5, 0.6) is 5.75 Å². The van der Waals surface area contributed by atoms with Crippen molar-refractivity contribution in [3.05, 3.63) is 71.4 Å². The molecule has 0 amide bonds. The minimum atomic E-state index is 0.547. The minimum absolute atomic E-state index is 0.547. The van der Waals surface area contributed by atoms with Gasteiger partial charge in [0.25, 0.3) is 0 Å². The molecule has 0 heterocycles. The Bertz CT molecular complexity index is 550. The van der Waals surface area contributed by atoms with Gasteiger partial charge in [-0.05, 0) is 41.8 Å². The fourth-order valence-corrected chi connectivity index (χ4v) is 1.76. The number of hydrogen-bond acceptors (Lipinski definition) is 3. The Balaban J connectivity index is 2.07. The number of rotatable bonds is 5. The fraction of sp³-hybridized carbons (Fsp3) is 0.125. The van der Waals surface area contributed by atoms with Crippen LogP contribution in [-0.4, -0.2) is 5.21 Å². The van der Waals surface area contributed by atoms with Crippen molar-refractivity contribution in [2.24, 2.45) is 0 Å². The highest BCUT2D eigenvalue weighted by atomic mass is 16.5. The first-order valence-electron chi connectivity index (χ1n) is 6.13. The molecule has 0 atom stereocenters. The van der Waals surface area contributed by atoms with Crippen molar-refractivity contribution in [1.29, 1.82) is 0 Å². The average Bonchev–Trinajstić information content (AvgIpc) is 2.46. The predicted molar refractivity (Wildman–Crippen MR) is 75.9 cm³/mol. The van der Waals surface area contributed by atoms with Crippen LogP contribution >= 0.6 is 0 Å².